The molecule has 2 atom stereocenters. The van der Waals surface area contributed by atoms with Crippen molar-refractivity contribution < 1.29 is 14.3 Å². The average Bonchev–Trinajstić information content (AvgIpc) is 3.28. The van der Waals surface area contributed by atoms with E-state index in [0.29, 0.717) is 47.1 Å². The van der Waals surface area contributed by atoms with Crippen LogP contribution < -0.4 is 31.0 Å². The molecule has 1 saturated heterocycles. The summed E-state index contributed by atoms with van der Waals surface area (Å²) < 4.78 is 12.1. The number of pyridine rings is 1. The quantitative estimate of drug-likeness (QED) is 0.408. The fourth-order valence-electron chi connectivity index (χ4n) is 4.01. The number of ether oxygens (including phenoxy) is 2. The second-order valence-corrected chi connectivity index (χ2v) is 8.66. The number of rotatable bonds is 7. The Kier molecular flexibility index (Phi) is 7.15. The van der Waals surface area contributed by atoms with Gasteiger partial charge in [-0.2, -0.15) is 4.98 Å². The predicted octanol–water partition coefficient (Wildman–Crippen LogP) is 2.37. The molecule has 0 radical (unpaired) electrons. The molecule has 12 heteroatoms. The lowest BCUT2D eigenvalue weighted by molar-refractivity contribution is -0.117. The number of nitrogens with one attached hydrogen (secondary N) is 3. The Morgan fingerprint density at radius 3 is 2.49 bits per heavy atom. The summed E-state index contributed by atoms with van der Waals surface area (Å²) in [5.74, 6) is 0.713. The van der Waals surface area contributed by atoms with Crippen LogP contribution in [0.2, 0.25) is 10.0 Å². The van der Waals surface area contributed by atoms with Gasteiger partial charge in [0.1, 0.15) is 17.1 Å². The summed E-state index contributed by atoms with van der Waals surface area (Å²) in [5.41, 5.74) is 0.603. The van der Waals surface area contributed by atoms with Crippen LogP contribution >= 0.6 is 23.2 Å². The van der Waals surface area contributed by atoms with Crippen LogP contribution in [0.3, 0.4) is 0 Å². The van der Waals surface area contributed by atoms with Gasteiger partial charge < -0.3 is 25.4 Å². The molecule has 1 aliphatic heterocycles. The minimum atomic E-state index is -0.361. The maximum Gasteiger partial charge on any atom is 0.259 e. The lowest BCUT2D eigenvalue weighted by atomic mass is 10.0. The number of aryl methyl sites for hydroxylation is 1. The maximum atomic E-state index is 13.4. The minimum Gasteiger partial charge on any atom is -0.495 e. The number of carbonyl (C=O) groups is 1. The number of aromatic nitrogens is 3. The maximum absolute atomic E-state index is 13.4. The molecule has 4 rings (SSSR count). The van der Waals surface area contributed by atoms with Crippen molar-refractivity contribution >= 4 is 46.1 Å². The van der Waals surface area contributed by atoms with Crippen molar-refractivity contribution in [3.05, 3.63) is 51.4 Å². The molecule has 2 aromatic heterocycles. The van der Waals surface area contributed by atoms with E-state index in [1.54, 1.807) is 25.4 Å². The Labute approximate surface area is 211 Å². The van der Waals surface area contributed by atoms with Crippen LogP contribution in [0.5, 0.6) is 11.5 Å². The highest BCUT2D eigenvalue weighted by atomic mass is 35.5. The molecule has 2 unspecified atom stereocenters. The molecule has 35 heavy (non-hydrogen) atoms. The molecule has 1 fully saturated rings. The molecule has 1 aliphatic rings. The number of carbonyl (C=O) groups excluding carboxylic acids is 1. The highest BCUT2D eigenvalue weighted by Crippen LogP contribution is 2.45. The first kappa shape index (κ1) is 24.8. The van der Waals surface area contributed by atoms with Gasteiger partial charge in [0.05, 0.1) is 41.9 Å². The second-order valence-electron chi connectivity index (χ2n) is 7.91. The second kappa shape index (κ2) is 10.1. The molecule has 10 nitrogen and oxygen atoms in total. The van der Waals surface area contributed by atoms with Gasteiger partial charge in [0.2, 0.25) is 11.9 Å². The van der Waals surface area contributed by atoms with Crippen LogP contribution in [-0.4, -0.2) is 59.8 Å². The summed E-state index contributed by atoms with van der Waals surface area (Å²) in [4.78, 5) is 34.0. The van der Waals surface area contributed by atoms with Gasteiger partial charge in [-0.15, -0.1) is 0 Å². The van der Waals surface area contributed by atoms with Crippen LogP contribution in [0.25, 0.3) is 22.2 Å². The number of hydrogen-bond acceptors (Lipinski definition) is 8. The van der Waals surface area contributed by atoms with Crippen molar-refractivity contribution in [3.63, 3.8) is 0 Å². The van der Waals surface area contributed by atoms with Crippen molar-refractivity contribution in [3.8, 4) is 22.6 Å². The fraction of sp³-hybridized carbons (Fsp3) is 0.304. The third-order valence-electron chi connectivity index (χ3n) is 5.83. The van der Waals surface area contributed by atoms with E-state index in [4.69, 9.17) is 32.7 Å². The summed E-state index contributed by atoms with van der Waals surface area (Å²) in [5, 5.41) is 10.3. The van der Waals surface area contributed by atoms with Gasteiger partial charge in [-0.25, -0.2) is 4.98 Å². The predicted molar refractivity (Wildman–Crippen MR) is 136 cm³/mol. The number of fused-ring (bicyclic) bond motifs is 1. The molecule has 0 saturated carbocycles. The molecule has 1 amide bonds. The van der Waals surface area contributed by atoms with Crippen LogP contribution in [0, 0.1) is 0 Å². The van der Waals surface area contributed by atoms with Gasteiger partial charge in [0, 0.05) is 43.4 Å². The summed E-state index contributed by atoms with van der Waals surface area (Å²) in [6.45, 7) is 4.69. The molecule has 3 N–H and O–H groups in total. The number of methoxy groups -OCH3 is 2. The lowest BCUT2D eigenvalue weighted by Crippen LogP contribution is -2.45. The number of hydrogen-bond donors (Lipinski definition) is 3. The van der Waals surface area contributed by atoms with Crippen molar-refractivity contribution in [2.75, 3.05) is 32.6 Å². The van der Waals surface area contributed by atoms with E-state index in [1.807, 2.05) is 0 Å². The third-order valence-corrected chi connectivity index (χ3v) is 6.58. The fourth-order valence-corrected chi connectivity index (χ4v) is 4.71. The molecular weight excluding hydrogens is 495 g/mol. The number of nitrogens with zero attached hydrogens (tertiary/aromatic N) is 3. The summed E-state index contributed by atoms with van der Waals surface area (Å²) in [7, 11) is 4.54. The van der Waals surface area contributed by atoms with Crippen LogP contribution in [0.4, 0.5) is 5.95 Å². The molecule has 3 heterocycles. The van der Waals surface area contributed by atoms with Crippen molar-refractivity contribution in [1.29, 1.82) is 0 Å². The molecule has 184 valence electrons. The van der Waals surface area contributed by atoms with Crippen LogP contribution in [0.15, 0.2) is 35.8 Å². The van der Waals surface area contributed by atoms with Gasteiger partial charge in [-0.05, 0) is 12.1 Å². The lowest BCUT2D eigenvalue weighted by Gasteiger charge is -2.21. The Morgan fingerprint density at radius 2 is 1.86 bits per heavy atom. The van der Waals surface area contributed by atoms with E-state index in [2.05, 4.69) is 32.5 Å². The van der Waals surface area contributed by atoms with Crippen LogP contribution in [-0.2, 0) is 11.8 Å². The minimum absolute atomic E-state index is 0.144. The molecule has 0 bridgehead atoms. The van der Waals surface area contributed by atoms with E-state index in [9.17, 15) is 9.59 Å². The van der Waals surface area contributed by atoms with Gasteiger partial charge in [0.15, 0.2) is 0 Å². The third kappa shape index (κ3) is 4.64. The normalized spacial score (nSPS) is 17.3. The zero-order valence-electron chi connectivity index (χ0n) is 19.3. The molecule has 0 spiro atoms. The van der Waals surface area contributed by atoms with Crippen molar-refractivity contribution in [1.82, 2.24) is 25.2 Å². The first-order valence-corrected chi connectivity index (χ1v) is 11.4. The molecule has 3 aromatic rings. The average molecular weight is 519 g/mol. The van der Waals surface area contributed by atoms with E-state index < -0.39 is 0 Å². The largest absolute Gasteiger partial charge is 0.495 e. The summed E-state index contributed by atoms with van der Waals surface area (Å²) in [6, 6.07) is 2.88. The molecular formula is C23H24Cl2N6O4. The van der Waals surface area contributed by atoms with Gasteiger partial charge in [0.25, 0.3) is 5.56 Å². The van der Waals surface area contributed by atoms with Gasteiger partial charge >= 0.3 is 0 Å². The van der Waals surface area contributed by atoms with Crippen LogP contribution in [0.1, 0.15) is 0 Å². The first-order chi connectivity index (χ1) is 16.8. The summed E-state index contributed by atoms with van der Waals surface area (Å²) >= 11 is 13.1. The Hall–Kier alpha value is -3.34. The standard InChI is InChI=1S/C23H24Cl2N6O4/c1-5-17(32)28-13-9-26-10-14(13)29-23-27-8-11-6-12(22(33)31(2)21(11)30-23)18-19(24)15(34-3)7-16(35-4)20(18)25/h5-8,13-14,26H,1,9-10H2,2-4H3,(H,28,32)(H,27,29,30). The van der Waals surface area contributed by atoms with E-state index in [-0.39, 0.29) is 39.2 Å². The highest BCUT2D eigenvalue weighted by molar-refractivity contribution is 6.41. The smallest absolute Gasteiger partial charge is 0.259 e. The van der Waals surface area contributed by atoms with Crippen molar-refractivity contribution in [2.45, 2.75) is 12.1 Å². The number of benzene rings is 1. The van der Waals surface area contributed by atoms with Gasteiger partial charge in [-0.3, -0.25) is 14.2 Å². The first-order valence-electron chi connectivity index (χ1n) is 10.7. The Bertz CT molecular complexity index is 1350. The van der Waals surface area contributed by atoms with E-state index in [1.165, 1.54) is 24.9 Å². The van der Waals surface area contributed by atoms with E-state index >= 15 is 0 Å². The van der Waals surface area contributed by atoms with Gasteiger partial charge in [-0.1, -0.05) is 29.8 Å². The number of anilines is 1. The SMILES string of the molecule is C=CC(=O)NC1CNCC1Nc1ncc2cc(-c3c(Cl)c(OC)cc(OC)c3Cl)c(=O)n(C)c2n1. The molecule has 0 aliphatic carbocycles. The molecule has 1 aromatic carbocycles. The van der Waals surface area contributed by atoms with Crippen molar-refractivity contribution in [2.24, 2.45) is 7.05 Å². The van der Waals surface area contributed by atoms with E-state index in [0.717, 1.165) is 0 Å². The zero-order valence-corrected chi connectivity index (χ0v) is 20.8. The topological polar surface area (TPSA) is 119 Å². The zero-order chi connectivity index (χ0) is 25.3. The monoisotopic (exact) mass is 518 g/mol. The number of amides is 1. The number of halogens is 2. The highest BCUT2D eigenvalue weighted by Gasteiger charge is 2.29. The Morgan fingerprint density at radius 1 is 1.20 bits per heavy atom. The summed E-state index contributed by atoms with van der Waals surface area (Å²) in [6.07, 6.45) is 2.83. The Balaban J connectivity index is 1.75.